The number of para-hydroxylation sites is 2. The third-order valence-corrected chi connectivity index (χ3v) is 4.64. The highest BCUT2D eigenvalue weighted by Crippen LogP contribution is 2.34. The van der Waals surface area contributed by atoms with Crippen LogP contribution in [-0.4, -0.2) is 29.0 Å². The van der Waals surface area contributed by atoms with Gasteiger partial charge in [0.1, 0.15) is 17.6 Å². The molecular formula is C19H14Cl2N4O2. The minimum atomic E-state index is -0.252. The minimum absolute atomic E-state index is 0.121. The van der Waals surface area contributed by atoms with E-state index in [9.17, 15) is 4.79 Å². The summed E-state index contributed by atoms with van der Waals surface area (Å²) in [5.74, 6) is 0.186. The Morgan fingerprint density at radius 2 is 2.04 bits per heavy atom. The van der Waals surface area contributed by atoms with E-state index in [2.05, 4.69) is 15.3 Å². The maximum absolute atomic E-state index is 13.2. The summed E-state index contributed by atoms with van der Waals surface area (Å²) in [7, 11) is 0. The minimum Gasteiger partial charge on any atom is -0.436 e. The molecule has 0 atom stereocenters. The molecule has 0 fully saturated rings. The first-order valence-electron chi connectivity index (χ1n) is 8.21. The van der Waals surface area contributed by atoms with E-state index in [1.54, 1.807) is 23.1 Å². The second-order valence-electron chi connectivity index (χ2n) is 5.82. The van der Waals surface area contributed by atoms with Gasteiger partial charge in [-0.15, -0.1) is 0 Å². The number of ether oxygens (including phenoxy) is 1. The van der Waals surface area contributed by atoms with Crippen molar-refractivity contribution in [2.45, 2.75) is 0 Å². The van der Waals surface area contributed by atoms with E-state index in [1.807, 2.05) is 24.3 Å². The van der Waals surface area contributed by atoms with Crippen LogP contribution in [0.2, 0.25) is 10.0 Å². The van der Waals surface area contributed by atoms with Crippen LogP contribution < -0.4 is 15.0 Å². The highest BCUT2D eigenvalue weighted by Gasteiger charge is 2.26. The fourth-order valence-electron chi connectivity index (χ4n) is 2.84. The highest BCUT2D eigenvalue weighted by atomic mass is 35.5. The Bertz CT molecular complexity index is 1010. The number of anilines is 2. The second kappa shape index (κ2) is 7.42. The lowest BCUT2D eigenvalue weighted by Crippen LogP contribution is -2.39. The van der Waals surface area contributed by atoms with Crippen LogP contribution in [0.4, 0.5) is 11.4 Å². The number of carbonyl (C=O) groups is 1. The van der Waals surface area contributed by atoms with Gasteiger partial charge in [-0.1, -0.05) is 35.3 Å². The van der Waals surface area contributed by atoms with Crippen LogP contribution in [-0.2, 0) is 0 Å². The van der Waals surface area contributed by atoms with Crippen molar-refractivity contribution >= 4 is 40.5 Å². The molecule has 136 valence electrons. The number of halogens is 2. The summed E-state index contributed by atoms with van der Waals surface area (Å²) in [6, 6.07) is 12.5. The molecule has 3 aromatic rings. The van der Waals surface area contributed by atoms with Gasteiger partial charge in [0.15, 0.2) is 0 Å². The van der Waals surface area contributed by atoms with Gasteiger partial charge in [0.2, 0.25) is 5.88 Å². The molecule has 2 aromatic carbocycles. The van der Waals surface area contributed by atoms with Crippen molar-refractivity contribution in [1.82, 2.24) is 9.97 Å². The maximum Gasteiger partial charge on any atom is 0.265 e. The first-order valence-corrected chi connectivity index (χ1v) is 8.97. The van der Waals surface area contributed by atoms with Crippen LogP contribution in [0.3, 0.4) is 0 Å². The van der Waals surface area contributed by atoms with E-state index in [4.69, 9.17) is 27.9 Å². The molecule has 1 aromatic heterocycles. The normalized spacial score (nSPS) is 12.9. The van der Waals surface area contributed by atoms with Gasteiger partial charge in [0.05, 0.1) is 16.4 Å². The third kappa shape index (κ3) is 3.54. The van der Waals surface area contributed by atoms with Gasteiger partial charge in [-0.25, -0.2) is 9.97 Å². The predicted molar refractivity (Wildman–Crippen MR) is 105 cm³/mol. The fraction of sp³-hybridized carbons (Fsp3) is 0.105. The van der Waals surface area contributed by atoms with E-state index < -0.39 is 0 Å². The molecule has 27 heavy (non-hydrogen) atoms. The number of fused-ring (bicyclic) bond motifs is 1. The lowest BCUT2D eigenvalue weighted by Gasteiger charge is -2.30. The molecule has 1 aliphatic heterocycles. The number of hydrogen-bond acceptors (Lipinski definition) is 5. The molecule has 2 heterocycles. The van der Waals surface area contributed by atoms with Crippen molar-refractivity contribution in [1.29, 1.82) is 0 Å². The standard InChI is InChI=1S/C19H14Cl2N4O2/c20-12-5-6-14(21)17(9-12)27-18-13(10-22-11-24-18)19(26)25-8-7-23-15-3-1-2-4-16(15)25/h1-6,9-11,23H,7-8H2. The third-order valence-electron chi connectivity index (χ3n) is 4.10. The van der Waals surface area contributed by atoms with Gasteiger partial charge in [0, 0.05) is 30.4 Å². The van der Waals surface area contributed by atoms with E-state index in [1.165, 1.54) is 12.5 Å². The first-order chi connectivity index (χ1) is 13.1. The molecule has 6 nitrogen and oxygen atoms in total. The number of nitrogens with one attached hydrogen (secondary N) is 1. The van der Waals surface area contributed by atoms with Crippen molar-refractivity contribution in [3.05, 3.63) is 70.6 Å². The van der Waals surface area contributed by atoms with Crippen molar-refractivity contribution < 1.29 is 9.53 Å². The van der Waals surface area contributed by atoms with E-state index >= 15 is 0 Å². The maximum atomic E-state index is 13.2. The number of amides is 1. The van der Waals surface area contributed by atoms with Gasteiger partial charge in [-0.2, -0.15) is 0 Å². The summed E-state index contributed by atoms with van der Waals surface area (Å²) in [4.78, 5) is 23.0. The topological polar surface area (TPSA) is 67.3 Å². The summed E-state index contributed by atoms with van der Waals surface area (Å²) >= 11 is 12.2. The van der Waals surface area contributed by atoms with Gasteiger partial charge in [-0.05, 0) is 24.3 Å². The summed E-state index contributed by atoms with van der Waals surface area (Å²) in [5, 5.41) is 4.11. The average molecular weight is 401 g/mol. The monoisotopic (exact) mass is 400 g/mol. The SMILES string of the molecule is O=C(c1cncnc1Oc1cc(Cl)ccc1Cl)N1CCNc2ccccc21. The van der Waals surface area contributed by atoms with Crippen LogP contribution in [0.25, 0.3) is 0 Å². The van der Waals surface area contributed by atoms with Gasteiger partial charge in [0.25, 0.3) is 5.91 Å². The van der Waals surface area contributed by atoms with Crippen LogP contribution in [0.15, 0.2) is 55.0 Å². The number of aromatic nitrogens is 2. The summed E-state index contributed by atoms with van der Waals surface area (Å²) in [6.07, 6.45) is 2.75. The Morgan fingerprint density at radius 3 is 2.93 bits per heavy atom. The quantitative estimate of drug-likeness (QED) is 0.692. The molecule has 8 heteroatoms. The molecule has 0 radical (unpaired) electrons. The zero-order valence-corrected chi connectivity index (χ0v) is 15.5. The Kier molecular flexibility index (Phi) is 4.83. The van der Waals surface area contributed by atoms with Gasteiger partial charge < -0.3 is 15.0 Å². The number of nitrogens with zero attached hydrogens (tertiary/aromatic N) is 3. The molecule has 1 N–H and O–H groups in total. The van der Waals surface area contributed by atoms with E-state index in [0.29, 0.717) is 28.9 Å². The molecule has 1 amide bonds. The van der Waals surface area contributed by atoms with Crippen LogP contribution in [0.1, 0.15) is 10.4 Å². The second-order valence-corrected chi connectivity index (χ2v) is 6.66. The zero-order chi connectivity index (χ0) is 18.8. The van der Waals surface area contributed by atoms with Crippen molar-refractivity contribution in [3.8, 4) is 11.6 Å². The van der Waals surface area contributed by atoms with E-state index in [0.717, 1.165) is 11.4 Å². The van der Waals surface area contributed by atoms with Crippen molar-refractivity contribution in [2.24, 2.45) is 0 Å². The Labute approximate surface area is 165 Å². The molecule has 4 rings (SSSR count). The first kappa shape index (κ1) is 17.6. The zero-order valence-electron chi connectivity index (χ0n) is 14.0. The lowest BCUT2D eigenvalue weighted by atomic mass is 10.1. The summed E-state index contributed by atoms with van der Waals surface area (Å²) in [6.45, 7) is 1.16. The lowest BCUT2D eigenvalue weighted by molar-refractivity contribution is 0.0984. The molecule has 1 aliphatic rings. The predicted octanol–water partition coefficient (Wildman–Crippen LogP) is 4.65. The number of carbonyl (C=O) groups excluding carboxylic acids is 1. The summed E-state index contributed by atoms with van der Waals surface area (Å²) < 4.78 is 5.79. The Morgan fingerprint density at radius 1 is 1.19 bits per heavy atom. The summed E-state index contributed by atoms with van der Waals surface area (Å²) in [5.41, 5.74) is 1.93. The largest absolute Gasteiger partial charge is 0.436 e. The highest BCUT2D eigenvalue weighted by molar-refractivity contribution is 6.34. The molecule has 0 unspecified atom stereocenters. The van der Waals surface area contributed by atoms with Crippen LogP contribution in [0.5, 0.6) is 11.6 Å². The average Bonchev–Trinajstić information content (AvgIpc) is 2.70. The number of hydrogen-bond donors (Lipinski definition) is 1. The fourth-order valence-corrected chi connectivity index (χ4v) is 3.16. The number of rotatable bonds is 3. The van der Waals surface area contributed by atoms with Crippen molar-refractivity contribution in [2.75, 3.05) is 23.3 Å². The molecule has 0 spiro atoms. The molecular weight excluding hydrogens is 387 g/mol. The number of benzene rings is 2. The van der Waals surface area contributed by atoms with Crippen LogP contribution in [0, 0.1) is 0 Å². The Balaban J connectivity index is 1.69. The van der Waals surface area contributed by atoms with Crippen LogP contribution >= 0.6 is 23.2 Å². The molecule has 0 bridgehead atoms. The molecule has 0 aliphatic carbocycles. The van der Waals surface area contributed by atoms with Crippen molar-refractivity contribution in [3.63, 3.8) is 0 Å². The molecule has 0 saturated heterocycles. The molecule has 0 saturated carbocycles. The van der Waals surface area contributed by atoms with Gasteiger partial charge in [-0.3, -0.25) is 4.79 Å². The van der Waals surface area contributed by atoms with E-state index in [-0.39, 0.29) is 17.4 Å². The Hall–Kier alpha value is -2.83. The van der Waals surface area contributed by atoms with Gasteiger partial charge >= 0.3 is 0 Å². The smallest absolute Gasteiger partial charge is 0.265 e.